The number of aromatic nitrogens is 3. The molecule has 0 bridgehead atoms. The molecule has 2 aromatic heterocycles. The molecular formula is C18H16Cl2N4O3. The first-order valence-corrected chi connectivity index (χ1v) is 9.10. The lowest BCUT2D eigenvalue weighted by atomic mass is 10.0. The average molecular weight is 407 g/mol. The SMILES string of the molecule is C[C@@H]1CN(C(=O)O)[C@@H](c2ccc(-n3c(Cl)cc4c(Cl)ncnc43)cc2)CO1. The first kappa shape index (κ1) is 18.0. The highest BCUT2D eigenvalue weighted by Crippen LogP contribution is 2.31. The number of fused-ring (bicyclic) bond motifs is 1. The summed E-state index contributed by atoms with van der Waals surface area (Å²) in [5.74, 6) is 0. The lowest BCUT2D eigenvalue weighted by molar-refractivity contribution is -0.0465. The molecule has 0 radical (unpaired) electrons. The summed E-state index contributed by atoms with van der Waals surface area (Å²) >= 11 is 12.5. The minimum atomic E-state index is -0.954. The van der Waals surface area contributed by atoms with Crippen molar-refractivity contribution >= 4 is 40.3 Å². The van der Waals surface area contributed by atoms with Crippen LogP contribution < -0.4 is 0 Å². The Morgan fingerprint density at radius 3 is 2.70 bits per heavy atom. The monoisotopic (exact) mass is 406 g/mol. The highest BCUT2D eigenvalue weighted by molar-refractivity contribution is 6.36. The molecule has 1 saturated heterocycles. The van der Waals surface area contributed by atoms with Crippen LogP contribution in [0.1, 0.15) is 18.5 Å². The van der Waals surface area contributed by atoms with Crippen molar-refractivity contribution in [1.29, 1.82) is 0 Å². The van der Waals surface area contributed by atoms with Crippen LogP contribution in [0.15, 0.2) is 36.7 Å². The van der Waals surface area contributed by atoms with Crippen LogP contribution in [-0.4, -0.2) is 49.9 Å². The van der Waals surface area contributed by atoms with E-state index < -0.39 is 6.09 Å². The predicted octanol–water partition coefficient (Wildman–Crippen LogP) is 4.17. The second-order valence-electron chi connectivity index (χ2n) is 6.39. The fourth-order valence-corrected chi connectivity index (χ4v) is 3.80. The second-order valence-corrected chi connectivity index (χ2v) is 7.14. The van der Waals surface area contributed by atoms with Gasteiger partial charge >= 0.3 is 6.09 Å². The Hall–Kier alpha value is -2.35. The van der Waals surface area contributed by atoms with Crippen molar-refractivity contribution in [3.05, 3.63) is 52.5 Å². The Kier molecular flexibility index (Phi) is 4.67. The normalized spacial score (nSPS) is 20.2. The molecule has 1 aromatic carbocycles. The minimum Gasteiger partial charge on any atom is -0.465 e. The van der Waals surface area contributed by atoms with Crippen molar-refractivity contribution in [1.82, 2.24) is 19.4 Å². The number of nitrogens with zero attached hydrogens (tertiary/aromatic N) is 4. The van der Waals surface area contributed by atoms with E-state index in [2.05, 4.69) is 9.97 Å². The van der Waals surface area contributed by atoms with E-state index >= 15 is 0 Å². The van der Waals surface area contributed by atoms with Gasteiger partial charge in [0.15, 0.2) is 5.65 Å². The highest BCUT2D eigenvalue weighted by Gasteiger charge is 2.31. The minimum absolute atomic E-state index is 0.119. The summed E-state index contributed by atoms with van der Waals surface area (Å²) in [7, 11) is 0. The molecule has 1 aliphatic heterocycles. The van der Waals surface area contributed by atoms with Crippen LogP contribution in [0.3, 0.4) is 0 Å². The van der Waals surface area contributed by atoms with Gasteiger partial charge in [0.25, 0.3) is 0 Å². The van der Waals surface area contributed by atoms with Crippen LogP contribution in [0.2, 0.25) is 10.3 Å². The van der Waals surface area contributed by atoms with Crippen molar-refractivity contribution in [2.24, 2.45) is 0 Å². The second kappa shape index (κ2) is 6.99. The molecule has 1 fully saturated rings. The maximum Gasteiger partial charge on any atom is 0.407 e. The Labute approximate surface area is 165 Å². The Morgan fingerprint density at radius 1 is 1.26 bits per heavy atom. The topological polar surface area (TPSA) is 80.5 Å². The highest BCUT2D eigenvalue weighted by atomic mass is 35.5. The van der Waals surface area contributed by atoms with Gasteiger partial charge in [0.2, 0.25) is 0 Å². The van der Waals surface area contributed by atoms with Gasteiger partial charge in [-0.15, -0.1) is 0 Å². The van der Waals surface area contributed by atoms with Crippen molar-refractivity contribution in [3.63, 3.8) is 0 Å². The molecule has 1 N–H and O–H groups in total. The first-order chi connectivity index (χ1) is 13.0. The van der Waals surface area contributed by atoms with Crippen molar-refractivity contribution in [3.8, 4) is 5.69 Å². The van der Waals surface area contributed by atoms with E-state index in [1.165, 1.54) is 11.2 Å². The van der Waals surface area contributed by atoms with E-state index in [0.29, 0.717) is 34.5 Å². The molecule has 9 heteroatoms. The molecule has 3 aromatic rings. The summed E-state index contributed by atoms with van der Waals surface area (Å²) in [6.45, 7) is 2.52. The largest absolute Gasteiger partial charge is 0.465 e. The fourth-order valence-electron chi connectivity index (χ4n) is 3.33. The van der Waals surface area contributed by atoms with E-state index in [9.17, 15) is 9.90 Å². The molecule has 3 heterocycles. The number of carbonyl (C=O) groups is 1. The molecule has 0 aliphatic carbocycles. The maximum atomic E-state index is 11.6. The van der Waals surface area contributed by atoms with Crippen LogP contribution in [-0.2, 0) is 4.74 Å². The zero-order valence-electron chi connectivity index (χ0n) is 14.3. The first-order valence-electron chi connectivity index (χ1n) is 8.34. The van der Waals surface area contributed by atoms with E-state index in [1.54, 1.807) is 10.6 Å². The van der Waals surface area contributed by atoms with Gasteiger partial charge in [-0.1, -0.05) is 35.3 Å². The molecule has 7 nitrogen and oxygen atoms in total. The average Bonchev–Trinajstić information content (AvgIpc) is 2.99. The van der Waals surface area contributed by atoms with Gasteiger partial charge in [0.1, 0.15) is 16.6 Å². The number of hydrogen-bond acceptors (Lipinski definition) is 4. The van der Waals surface area contributed by atoms with Crippen molar-refractivity contribution in [2.45, 2.75) is 19.1 Å². The van der Waals surface area contributed by atoms with Crippen LogP contribution >= 0.6 is 23.2 Å². The predicted molar refractivity (Wildman–Crippen MR) is 102 cm³/mol. The van der Waals surface area contributed by atoms with Crippen molar-refractivity contribution in [2.75, 3.05) is 13.2 Å². The third-order valence-electron chi connectivity index (χ3n) is 4.65. The van der Waals surface area contributed by atoms with Gasteiger partial charge in [0.05, 0.1) is 30.7 Å². The fraction of sp³-hybridized carbons (Fsp3) is 0.278. The number of amides is 1. The molecule has 27 heavy (non-hydrogen) atoms. The van der Waals surface area contributed by atoms with Gasteiger partial charge in [-0.2, -0.15) is 0 Å². The molecule has 0 saturated carbocycles. The Bertz CT molecular complexity index is 1010. The molecule has 140 valence electrons. The van der Waals surface area contributed by atoms with Crippen LogP contribution in [0, 0.1) is 0 Å². The van der Waals surface area contributed by atoms with Gasteiger partial charge in [-0.05, 0) is 30.7 Å². The van der Waals surface area contributed by atoms with Crippen LogP contribution in [0.5, 0.6) is 0 Å². The number of halogens is 2. The van der Waals surface area contributed by atoms with Crippen LogP contribution in [0.4, 0.5) is 4.79 Å². The van der Waals surface area contributed by atoms with Gasteiger partial charge in [-0.25, -0.2) is 14.8 Å². The molecule has 1 amide bonds. The number of ether oxygens (including phenoxy) is 1. The third-order valence-corrected chi connectivity index (χ3v) is 5.23. The van der Waals surface area contributed by atoms with E-state index in [-0.39, 0.29) is 12.1 Å². The summed E-state index contributed by atoms with van der Waals surface area (Å²) in [5.41, 5.74) is 2.25. The molecular weight excluding hydrogens is 391 g/mol. The zero-order valence-corrected chi connectivity index (χ0v) is 15.9. The molecule has 2 atom stereocenters. The lowest BCUT2D eigenvalue weighted by Crippen LogP contribution is -2.46. The number of carboxylic acid groups (broad SMARTS) is 1. The Balaban J connectivity index is 1.70. The summed E-state index contributed by atoms with van der Waals surface area (Å²) in [4.78, 5) is 21.2. The summed E-state index contributed by atoms with van der Waals surface area (Å²) in [5, 5.41) is 11.0. The Morgan fingerprint density at radius 2 is 2.00 bits per heavy atom. The summed E-state index contributed by atoms with van der Waals surface area (Å²) < 4.78 is 7.42. The third kappa shape index (κ3) is 3.22. The standard InChI is InChI=1S/C18H16Cl2N4O3/c1-10-7-23(18(25)26)14(8-27-10)11-2-4-12(5-3-11)24-15(19)6-13-16(20)21-9-22-17(13)24/h2-6,9-10,14H,7-8H2,1H3,(H,25,26)/t10-,14-/m1/s1. The van der Waals surface area contributed by atoms with E-state index in [1.807, 2.05) is 31.2 Å². The number of rotatable bonds is 2. The van der Waals surface area contributed by atoms with Gasteiger partial charge in [-0.3, -0.25) is 9.47 Å². The van der Waals surface area contributed by atoms with Gasteiger partial charge in [0, 0.05) is 5.69 Å². The smallest absolute Gasteiger partial charge is 0.407 e. The zero-order chi connectivity index (χ0) is 19.1. The van der Waals surface area contributed by atoms with E-state index in [4.69, 9.17) is 27.9 Å². The van der Waals surface area contributed by atoms with E-state index in [0.717, 1.165) is 11.3 Å². The molecule has 4 rings (SSSR count). The number of morpholine rings is 1. The maximum absolute atomic E-state index is 11.6. The van der Waals surface area contributed by atoms with Crippen molar-refractivity contribution < 1.29 is 14.6 Å². The van der Waals surface area contributed by atoms with Crippen LogP contribution in [0.25, 0.3) is 16.7 Å². The molecule has 0 spiro atoms. The lowest BCUT2D eigenvalue weighted by Gasteiger charge is -2.37. The number of benzene rings is 1. The molecule has 1 aliphatic rings. The van der Waals surface area contributed by atoms with Gasteiger partial charge < -0.3 is 9.84 Å². The molecule has 0 unspecified atom stereocenters. The summed E-state index contributed by atoms with van der Waals surface area (Å²) in [6.07, 6.45) is 0.313. The number of hydrogen-bond donors (Lipinski definition) is 1. The summed E-state index contributed by atoms with van der Waals surface area (Å²) in [6, 6.07) is 8.86. The quantitative estimate of drug-likeness (QED) is 0.645.